The molecule has 0 spiro atoms. The molecule has 0 saturated carbocycles. The molecule has 3 rings (SSSR count). The lowest BCUT2D eigenvalue weighted by molar-refractivity contribution is -0.384. The van der Waals surface area contributed by atoms with Gasteiger partial charge in [-0.2, -0.15) is 0 Å². The van der Waals surface area contributed by atoms with E-state index in [1.807, 2.05) is 24.3 Å². The molecule has 0 aliphatic carbocycles. The number of hydrogen-bond donors (Lipinski definition) is 1. The van der Waals surface area contributed by atoms with Crippen LogP contribution in [0.1, 0.15) is 5.01 Å². The van der Waals surface area contributed by atoms with Crippen LogP contribution in [0.3, 0.4) is 0 Å². The maximum Gasteiger partial charge on any atom is 0.293 e. The standard InChI is InChI=1S/C16H15N3O4S2/c1-25(22,23)11-6-7-12(14(10-11)19(20)21)17-9-8-16-18-13-4-2-3-5-15(13)24-16/h2-7,10,17H,8-9H2,1H3. The van der Waals surface area contributed by atoms with E-state index in [0.29, 0.717) is 18.7 Å². The molecular weight excluding hydrogens is 362 g/mol. The minimum absolute atomic E-state index is 0.0732. The van der Waals surface area contributed by atoms with Gasteiger partial charge in [0.1, 0.15) is 5.69 Å². The summed E-state index contributed by atoms with van der Waals surface area (Å²) < 4.78 is 24.2. The van der Waals surface area contributed by atoms with Crippen LogP contribution in [0.5, 0.6) is 0 Å². The molecule has 0 aliphatic rings. The average Bonchev–Trinajstić information content (AvgIpc) is 2.96. The smallest absolute Gasteiger partial charge is 0.293 e. The Balaban J connectivity index is 1.75. The summed E-state index contributed by atoms with van der Waals surface area (Å²) in [4.78, 5) is 15.1. The van der Waals surface area contributed by atoms with Crippen molar-refractivity contribution < 1.29 is 13.3 Å². The Hall–Kier alpha value is -2.52. The Kier molecular flexibility index (Phi) is 4.69. The summed E-state index contributed by atoms with van der Waals surface area (Å²) >= 11 is 1.58. The maximum atomic E-state index is 11.6. The molecule has 2 aromatic carbocycles. The fourth-order valence-electron chi connectivity index (χ4n) is 2.37. The number of nitro groups is 1. The van der Waals surface area contributed by atoms with Crippen LogP contribution in [-0.4, -0.2) is 31.1 Å². The number of nitrogens with zero attached hydrogens (tertiary/aromatic N) is 2. The number of sulfone groups is 1. The van der Waals surface area contributed by atoms with Gasteiger partial charge < -0.3 is 5.32 Å². The lowest BCUT2D eigenvalue weighted by Crippen LogP contribution is -2.08. The van der Waals surface area contributed by atoms with Crippen LogP contribution in [0.2, 0.25) is 0 Å². The van der Waals surface area contributed by atoms with Gasteiger partial charge >= 0.3 is 0 Å². The van der Waals surface area contributed by atoms with Crippen molar-refractivity contribution >= 4 is 42.8 Å². The van der Waals surface area contributed by atoms with Crippen LogP contribution in [0.25, 0.3) is 10.2 Å². The molecule has 1 aromatic heterocycles. The van der Waals surface area contributed by atoms with E-state index in [0.717, 1.165) is 27.5 Å². The number of nitrogens with one attached hydrogen (secondary N) is 1. The molecule has 1 N–H and O–H groups in total. The molecule has 9 heteroatoms. The summed E-state index contributed by atoms with van der Waals surface area (Å²) in [7, 11) is -3.49. The topological polar surface area (TPSA) is 102 Å². The number of nitro benzene ring substituents is 1. The number of rotatable bonds is 6. The van der Waals surface area contributed by atoms with Crippen LogP contribution in [-0.2, 0) is 16.3 Å². The fourth-order valence-corrected chi connectivity index (χ4v) is 3.98. The van der Waals surface area contributed by atoms with Gasteiger partial charge in [-0.15, -0.1) is 11.3 Å². The number of anilines is 1. The average molecular weight is 377 g/mol. The Labute approximate surface area is 148 Å². The van der Waals surface area contributed by atoms with Crippen molar-refractivity contribution in [1.29, 1.82) is 0 Å². The highest BCUT2D eigenvalue weighted by molar-refractivity contribution is 7.90. The SMILES string of the molecule is CS(=O)(=O)c1ccc(NCCc2nc3ccccc3s2)c([N+](=O)[O-])c1. The van der Waals surface area contributed by atoms with Crippen molar-refractivity contribution in [3.8, 4) is 0 Å². The third-order valence-corrected chi connectivity index (χ3v) is 5.79. The molecule has 7 nitrogen and oxygen atoms in total. The molecule has 25 heavy (non-hydrogen) atoms. The number of hydrogen-bond acceptors (Lipinski definition) is 7. The van der Waals surface area contributed by atoms with Gasteiger partial charge in [-0.3, -0.25) is 10.1 Å². The Morgan fingerprint density at radius 3 is 2.68 bits per heavy atom. The predicted molar refractivity (Wildman–Crippen MR) is 98.0 cm³/mol. The highest BCUT2D eigenvalue weighted by Crippen LogP contribution is 2.28. The lowest BCUT2D eigenvalue weighted by atomic mass is 10.2. The monoisotopic (exact) mass is 377 g/mol. The van der Waals surface area contributed by atoms with E-state index >= 15 is 0 Å². The van der Waals surface area contributed by atoms with Crippen molar-refractivity contribution in [3.05, 3.63) is 57.6 Å². The van der Waals surface area contributed by atoms with E-state index in [9.17, 15) is 18.5 Å². The first-order valence-corrected chi connectivity index (χ1v) is 10.1. The van der Waals surface area contributed by atoms with Crippen molar-refractivity contribution in [1.82, 2.24) is 4.98 Å². The van der Waals surface area contributed by atoms with E-state index in [4.69, 9.17) is 0 Å². The van der Waals surface area contributed by atoms with E-state index in [2.05, 4.69) is 10.3 Å². The summed E-state index contributed by atoms with van der Waals surface area (Å²) in [5.74, 6) is 0. The third kappa shape index (κ3) is 3.94. The van der Waals surface area contributed by atoms with Crippen molar-refractivity contribution in [2.75, 3.05) is 18.1 Å². The second-order valence-corrected chi connectivity index (χ2v) is 8.59. The largest absolute Gasteiger partial charge is 0.379 e. The van der Waals surface area contributed by atoms with Crippen LogP contribution in [0, 0.1) is 10.1 Å². The summed E-state index contributed by atoms with van der Waals surface area (Å²) in [6.07, 6.45) is 1.64. The van der Waals surface area contributed by atoms with Crippen LogP contribution in [0.4, 0.5) is 11.4 Å². The van der Waals surface area contributed by atoms with Crippen molar-refractivity contribution in [3.63, 3.8) is 0 Å². The molecule has 0 aliphatic heterocycles. The van der Waals surface area contributed by atoms with Gasteiger partial charge in [0.25, 0.3) is 5.69 Å². The van der Waals surface area contributed by atoms with E-state index in [1.54, 1.807) is 11.3 Å². The van der Waals surface area contributed by atoms with E-state index in [1.165, 1.54) is 12.1 Å². The normalized spacial score (nSPS) is 11.6. The zero-order chi connectivity index (χ0) is 18.0. The number of benzene rings is 2. The number of para-hydroxylation sites is 1. The zero-order valence-electron chi connectivity index (χ0n) is 13.3. The van der Waals surface area contributed by atoms with Gasteiger partial charge in [0, 0.05) is 25.3 Å². The molecule has 130 valence electrons. The minimum Gasteiger partial charge on any atom is -0.379 e. The third-order valence-electron chi connectivity index (χ3n) is 3.59. The molecule has 0 bridgehead atoms. The van der Waals surface area contributed by atoms with Crippen molar-refractivity contribution in [2.24, 2.45) is 0 Å². The molecule has 0 fully saturated rings. The summed E-state index contributed by atoms with van der Waals surface area (Å²) in [5.41, 5.74) is 0.969. The summed E-state index contributed by atoms with van der Waals surface area (Å²) in [6, 6.07) is 11.7. The first-order chi connectivity index (χ1) is 11.8. The summed E-state index contributed by atoms with van der Waals surface area (Å²) in [5, 5.41) is 15.1. The molecule has 0 amide bonds. The minimum atomic E-state index is -3.49. The molecule has 0 radical (unpaired) electrons. The zero-order valence-corrected chi connectivity index (χ0v) is 14.9. The molecule has 0 atom stereocenters. The van der Waals surface area contributed by atoms with Crippen LogP contribution >= 0.6 is 11.3 Å². The number of aromatic nitrogens is 1. The lowest BCUT2D eigenvalue weighted by Gasteiger charge is -2.07. The first-order valence-electron chi connectivity index (χ1n) is 7.41. The second-order valence-electron chi connectivity index (χ2n) is 5.46. The van der Waals surface area contributed by atoms with Gasteiger partial charge in [0.15, 0.2) is 9.84 Å². The Bertz CT molecular complexity index is 1010. The maximum absolute atomic E-state index is 11.6. The van der Waals surface area contributed by atoms with Gasteiger partial charge in [-0.05, 0) is 24.3 Å². The predicted octanol–water partition coefficient (Wildman–Crippen LogP) is 3.26. The number of thiazole rings is 1. The number of fused-ring (bicyclic) bond motifs is 1. The molecule has 3 aromatic rings. The van der Waals surface area contributed by atoms with E-state index in [-0.39, 0.29) is 10.6 Å². The Morgan fingerprint density at radius 1 is 1.24 bits per heavy atom. The quantitative estimate of drug-likeness (QED) is 0.522. The first kappa shape index (κ1) is 17.3. The van der Waals surface area contributed by atoms with E-state index < -0.39 is 14.8 Å². The van der Waals surface area contributed by atoms with Crippen molar-refractivity contribution in [2.45, 2.75) is 11.3 Å². The molecule has 0 saturated heterocycles. The fraction of sp³-hybridized carbons (Fsp3) is 0.188. The Morgan fingerprint density at radius 2 is 2.00 bits per heavy atom. The molecular formula is C16H15N3O4S2. The highest BCUT2D eigenvalue weighted by atomic mass is 32.2. The van der Waals surface area contributed by atoms with Gasteiger partial charge in [-0.1, -0.05) is 12.1 Å². The summed E-state index contributed by atoms with van der Waals surface area (Å²) in [6.45, 7) is 0.457. The van der Waals surface area contributed by atoms with Gasteiger partial charge in [0.05, 0.1) is 25.0 Å². The molecule has 0 unspecified atom stereocenters. The van der Waals surface area contributed by atoms with Crippen LogP contribution < -0.4 is 5.32 Å². The second kappa shape index (κ2) is 6.77. The highest BCUT2D eigenvalue weighted by Gasteiger charge is 2.18. The van der Waals surface area contributed by atoms with Gasteiger partial charge in [0.2, 0.25) is 0 Å². The van der Waals surface area contributed by atoms with Crippen LogP contribution in [0.15, 0.2) is 47.4 Å². The molecule has 1 heterocycles. The van der Waals surface area contributed by atoms with Gasteiger partial charge in [-0.25, -0.2) is 13.4 Å².